The summed E-state index contributed by atoms with van der Waals surface area (Å²) in [6.45, 7) is 0.238. The third-order valence-electron chi connectivity index (χ3n) is 3.67. The van der Waals surface area contributed by atoms with Crippen LogP contribution in [0.3, 0.4) is 0 Å². The number of hydrogen-bond donors (Lipinski definition) is 0. The molecule has 0 unspecified atom stereocenters. The third-order valence-corrected chi connectivity index (χ3v) is 4.00. The van der Waals surface area contributed by atoms with Gasteiger partial charge in [0.05, 0.1) is 11.6 Å². The molecular formula is C15H14ClN5O2. The van der Waals surface area contributed by atoms with E-state index in [1.54, 1.807) is 17.8 Å². The van der Waals surface area contributed by atoms with Gasteiger partial charge in [-0.1, -0.05) is 23.7 Å². The van der Waals surface area contributed by atoms with Crippen LogP contribution in [0.15, 0.2) is 46.2 Å². The minimum absolute atomic E-state index is 0.238. The van der Waals surface area contributed by atoms with E-state index in [1.165, 1.54) is 24.0 Å². The smallest absolute Gasteiger partial charge is 0.299 e. The number of nitrogens with zero attached hydrogens (tertiary/aromatic N) is 5. The SMILES string of the molecule is Cn1c(Cn2ncnc2-c2ccccc2Cl)cc(=O)n(C)c1=O. The zero-order chi connectivity index (χ0) is 16.6. The van der Waals surface area contributed by atoms with Crippen LogP contribution in [-0.4, -0.2) is 23.9 Å². The van der Waals surface area contributed by atoms with Gasteiger partial charge in [-0.05, 0) is 12.1 Å². The summed E-state index contributed by atoms with van der Waals surface area (Å²) in [5, 5.41) is 4.73. The van der Waals surface area contributed by atoms with Gasteiger partial charge in [-0.2, -0.15) is 5.10 Å². The lowest BCUT2D eigenvalue weighted by Crippen LogP contribution is -2.38. The highest BCUT2D eigenvalue weighted by Crippen LogP contribution is 2.25. The zero-order valence-electron chi connectivity index (χ0n) is 12.6. The van der Waals surface area contributed by atoms with Crippen LogP contribution in [0.25, 0.3) is 11.4 Å². The molecule has 0 aliphatic rings. The molecule has 0 N–H and O–H groups in total. The fraction of sp³-hybridized carbons (Fsp3) is 0.200. The molecule has 7 nitrogen and oxygen atoms in total. The highest BCUT2D eigenvalue weighted by atomic mass is 35.5. The molecule has 8 heteroatoms. The molecule has 0 spiro atoms. The molecule has 0 aliphatic carbocycles. The van der Waals surface area contributed by atoms with Crippen molar-refractivity contribution in [2.45, 2.75) is 6.54 Å². The largest absolute Gasteiger partial charge is 0.330 e. The third kappa shape index (κ3) is 2.70. The zero-order valence-corrected chi connectivity index (χ0v) is 13.4. The molecule has 0 saturated heterocycles. The molecule has 0 aliphatic heterocycles. The minimum atomic E-state index is -0.382. The molecule has 0 amide bonds. The normalized spacial score (nSPS) is 10.9. The predicted octanol–water partition coefficient (Wildman–Crippen LogP) is 1.04. The number of aromatic nitrogens is 5. The number of hydrogen-bond acceptors (Lipinski definition) is 4. The highest BCUT2D eigenvalue weighted by Gasteiger charge is 2.13. The molecule has 2 heterocycles. The Morgan fingerprint density at radius 1 is 1.13 bits per heavy atom. The number of halogens is 1. The van der Waals surface area contributed by atoms with E-state index in [1.807, 2.05) is 18.2 Å². The van der Waals surface area contributed by atoms with Gasteiger partial charge in [0.1, 0.15) is 6.33 Å². The van der Waals surface area contributed by atoms with Gasteiger partial charge < -0.3 is 0 Å². The lowest BCUT2D eigenvalue weighted by molar-refractivity contribution is 0.598. The van der Waals surface area contributed by atoms with Gasteiger partial charge in [-0.25, -0.2) is 14.5 Å². The quantitative estimate of drug-likeness (QED) is 0.719. The van der Waals surface area contributed by atoms with Crippen molar-refractivity contribution >= 4 is 11.6 Å². The van der Waals surface area contributed by atoms with E-state index in [-0.39, 0.29) is 17.8 Å². The minimum Gasteiger partial charge on any atom is -0.299 e. The van der Waals surface area contributed by atoms with Crippen molar-refractivity contribution in [3.63, 3.8) is 0 Å². The Morgan fingerprint density at radius 3 is 2.61 bits per heavy atom. The molecule has 0 bridgehead atoms. The Balaban J connectivity index is 2.07. The van der Waals surface area contributed by atoms with Crippen LogP contribution in [0.1, 0.15) is 5.69 Å². The van der Waals surface area contributed by atoms with Crippen LogP contribution in [0, 0.1) is 0 Å². The molecule has 0 radical (unpaired) electrons. The van der Waals surface area contributed by atoms with Crippen LogP contribution in [-0.2, 0) is 20.6 Å². The molecule has 3 rings (SSSR count). The maximum Gasteiger partial charge on any atom is 0.330 e. The van der Waals surface area contributed by atoms with Crippen LogP contribution in [0.5, 0.6) is 0 Å². The molecule has 0 atom stereocenters. The van der Waals surface area contributed by atoms with Gasteiger partial charge in [0, 0.05) is 31.4 Å². The average molecular weight is 332 g/mol. The monoisotopic (exact) mass is 331 g/mol. The second kappa shape index (κ2) is 5.85. The van der Waals surface area contributed by atoms with Gasteiger partial charge in [0.2, 0.25) is 0 Å². The summed E-state index contributed by atoms with van der Waals surface area (Å²) >= 11 is 6.20. The summed E-state index contributed by atoms with van der Waals surface area (Å²) in [5.41, 5.74) is 0.534. The first-order valence-electron chi connectivity index (χ1n) is 6.87. The standard InChI is InChI=1S/C15H14ClN5O2/c1-19-10(7-13(22)20(2)15(19)23)8-21-14(17-9-18-21)11-5-3-4-6-12(11)16/h3-7,9H,8H2,1-2H3. The average Bonchev–Trinajstić information content (AvgIpc) is 2.99. The summed E-state index contributed by atoms with van der Waals surface area (Å²) in [5.74, 6) is 0.573. The summed E-state index contributed by atoms with van der Waals surface area (Å²) < 4.78 is 4.08. The topological polar surface area (TPSA) is 74.7 Å². The lowest BCUT2D eigenvalue weighted by atomic mass is 10.2. The van der Waals surface area contributed by atoms with E-state index in [0.29, 0.717) is 16.5 Å². The maximum atomic E-state index is 12.0. The first-order chi connectivity index (χ1) is 11.0. The van der Waals surface area contributed by atoms with E-state index in [2.05, 4.69) is 10.1 Å². The van der Waals surface area contributed by atoms with Crippen LogP contribution < -0.4 is 11.2 Å². The Kier molecular flexibility index (Phi) is 3.87. The van der Waals surface area contributed by atoms with Crippen molar-refractivity contribution in [1.29, 1.82) is 0 Å². The predicted molar refractivity (Wildman–Crippen MR) is 86.5 cm³/mol. The number of benzene rings is 1. The van der Waals surface area contributed by atoms with Gasteiger partial charge in [0.25, 0.3) is 5.56 Å². The van der Waals surface area contributed by atoms with E-state index in [4.69, 9.17) is 11.6 Å². The van der Waals surface area contributed by atoms with Crippen molar-refractivity contribution in [2.24, 2.45) is 14.1 Å². The van der Waals surface area contributed by atoms with Crippen molar-refractivity contribution in [2.75, 3.05) is 0 Å². The Morgan fingerprint density at radius 2 is 1.87 bits per heavy atom. The summed E-state index contributed by atoms with van der Waals surface area (Å²) in [4.78, 5) is 28.1. The number of rotatable bonds is 3. The van der Waals surface area contributed by atoms with Gasteiger partial charge in [-0.3, -0.25) is 13.9 Å². The second-order valence-corrected chi connectivity index (χ2v) is 5.50. The molecule has 23 heavy (non-hydrogen) atoms. The van der Waals surface area contributed by atoms with E-state index in [9.17, 15) is 9.59 Å². The molecule has 1 aromatic carbocycles. The van der Waals surface area contributed by atoms with Gasteiger partial charge >= 0.3 is 5.69 Å². The van der Waals surface area contributed by atoms with E-state index >= 15 is 0 Å². The molecular weight excluding hydrogens is 318 g/mol. The van der Waals surface area contributed by atoms with Gasteiger partial charge in [0.15, 0.2) is 5.82 Å². The van der Waals surface area contributed by atoms with Crippen molar-refractivity contribution in [3.8, 4) is 11.4 Å². The summed E-state index contributed by atoms with van der Waals surface area (Å²) in [7, 11) is 3.06. The molecule has 118 valence electrons. The highest BCUT2D eigenvalue weighted by molar-refractivity contribution is 6.33. The Bertz CT molecular complexity index is 986. The Labute approximate surface area is 136 Å². The van der Waals surface area contributed by atoms with Crippen LogP contribution in [0.4, 0.5) is 0 Å². The first kappa shape index (κ1) is 15.2. The molecule has 0 saturated carbocycles. The lowest BCUT2D eigenvalue weighted by Gasteiger charge is -2.11. The van der Waals surface area contributed by atoms with Crippen molar-refractivity contribution < 1.29 is 0 Å². The molecule has 0 fully saturated rings. The summed E-state index contributed by atoms with van der Waals surface area (Å²) in [6, 6.07) is 8.71. The molecule has 2 aromatic heterocycles. The van der Waals surface area contributed by atoms with Crippen molar-refractivity contribution in [3.05, 3.63) is 68.2 Å². The first-order valence-corrected chi connectivity index (χ1v) is 7.25. The van der Waals surface area contributed by atoms with E-state index in [0.717, 1.165) is 10.1 Å². The van der Waals surface area contributed by atoms with Crippen LogP contribution >= 0.6 is 11.6 Å². The van der Waals surface area contributed by atoms with Crippen molar-refractivity contribution in [1.82, 2.24) is 23.9 Å². The van der Waals surface area contributed by atoms with Gasteiger partial charge in [-0.15, -0.1) is 0 Å². The van der Waals surface area contributed by atoms with E-state index < -0.39 is 0 Å². The Hall–Kier alpha value is -2.67. The van der Waals surface area contributed by atoms with Crippen LogP contribution in [0.2, 0.25) is 5.02 Å². The second-order valence-electron chi connectivity index (χ2n) is 5.10. The molecule has 3 aromatic rings. The fourth-order valence-electron chi connectivity index (χ4n) is 2.31. The maximum absolute atomic E-state index is 12.0. The fourth-order valence-corrected chi connectivity index (χ4v) is 2.53. The summed E-state index contributed by atoms with van der Waals surface area (Å²) in [6.07, 6.45) is 1.41.